The fourth-order valence-electron chi connectivity index (χ4n) is 2.45. The molecule has 0 saturated heterocycles. The summed E-state index contributed by atoms with van der Waals surface area (Å²) in [5, 5.41) is 2.75. The van der Waals surface area contributed by atoms with Gasteiger partial charge in [0.1, 0.15) is 12.3 Å². The van der Waals surface area contributed by atoms with Crippen molar-refractivity contribution in [1.29, 1.82) is 0 Å². The van der Waals surface area contributed by atoms with Gasteiger partial charge < -0.3 is 19.7 Å². The molecule has 1 N–H and O–H groups in total. The van der Waals surface area contributed by atoms with Crippen LogP contribution in [0.15, 0.2) is 48.5 Å². The van der Waals surface area contributed by atoms with Gasteiger partial charge in [-0.25, -0.2) is 4.79 Å². The molecule has 0 radical (unpaired) electrons. The summed E-state index contributed by atoms with van der Waals surface area (Å²) >= 11 is 0. The van der Waals surface area contributed by atoms with Crippen molar-refractivity contribution in [3.05, 3.63) is 59.7 Å². The van der Waals surface area contributed by atoms with Crippen LogP contribution in [0.3, 0.4) is 0 Å². The Morgan fingerprint density at radius 1 is 1.00 bits per heavy atom. The normalized spacial score (nSPS) is 10.0. The van der Waals surface area contributed by atoms with Gasteiger partial charge in [-0.2, -0.15) is 0 Å². The molecule has 0 aliphatic rings. The second-order valence-electron chi connectivity index (χ2n) is 5.67. The average molecular weight is 370 g/mol. The SMILES string of the molecule is CCN(CC(=O)Nc1cccc(OC)c1)C(=O)c1ccc(C(=O)OC)cc1. The van der Waals surface area contributed by atoms with Crippen molar-refractivity contribution in [2.45, 2.75) is 6.92 Å². The highest BCUT2D eigenvalue weighted by molar-refractivity contribution is 6.00. The molecular weight excluding hydrogens is 348 g/mol. The topological polar surface area (TPSA) is 84.9 Å². The molecule has 0 bridgehead atoms. The van der Waals surface area contributed by atoms with Crippen LogP contribution in [0.1, 0.15) is 27.6 Å². The number of ether oxygens (including phenoxy) is 2. The first-order valence-electron chi connectivity index (χ1n) is 8.40. The van der Waals surface area contributed by atoms with Crippen molar-refractivity contribution in [2.24, 2.45) is 0 Å². The second-order valence-corrected chi connectivity index (χ2v) is 5.67. The largest absolute Gasteiger partial charge is 0.497 e. The number of carbonyl (C=O) groups excluding carboxylic acids is 3. The van der Waals surface area contributed by atoms with Gasteiger partial charge in [-0.1, -0.05) is 6.07 Å². The summed E-state index contributed by atoms with van der Waals surface area (Å²) in [6.45, 7) is 2.06. The van der Waals surface area contributed by atoms with Gasteiger partial charge in [0.2, 0.25) is 5.91 Å². The molecule has 0 spiro atoms. The van der Waals surface area contributed by atoms with E-state index in [0.29, 0.717) is 29.1 Å². The first-order valence-corrected chi connectivity index (χ1v) is 8.40. The predicted molar refractivity (Wildman–Crippen MR) is 101 cm³/mol. The molecule has 0 aliphatic carbocycles. The molecule has 142 valence electrons. The summed E-state index contributed by atoms with van der Waals surface area (Å²) in [6.07, 6.45) is 0. The molecule has 0 aliphatic heterocycles. The number of anilines is 1. The number of methoxy groups -OCH3 is 2. The molecule has 2 aromatic carbocycles. The highest BCUT2D eigenvalue weighted by atomic mass is 16.5. The lowest BCUT2D eigenvalue weighted by Gasteiger charge is -2.20. The van der Waals surface area contributed by atoms with E-state index in [1.54, 1.807) is 38.3 Å². The molecule has 0 fully saturated rings. The minimum Gasteiger partial charge on any atom is -0.497 e. The summed E-state index contributed by atoms with van der Waals surface area (Å²) in [6, 6.07) is 13.1. The van der Waals surface area contributed by atoms with Crippen molar-refractivity contribution >= 4 is 23.5 Å². The molecular formula is C20H22N2O5. The fourth-order valence-corrected chi connectivity index (χ4v) is 2.45. The van der Waals surface area contributed by atoms with Crippen molar-refractivity contribution in [3.63, 3.8) is 0 Å². The zero-order chi connectivity index (χ0) is 19.8. The van der Waals surface area contributed by atoms with Crippen molar-refractivity contribution < 1.29 is 23.9 Å². The highest BCUT2D eigenvalue weighted by Crippen LogP contribution is 2.16. The molecule has 2 aromatic rings. The van der Waals surface area contributed by atoms with Crippen LogP contribution in [-0.4, -0.2) is 50.0 Å². The number of benzene rings is 2. The van der Waals surface area contributed by atoms with E-state index in [1.807, 2.05) is 0 Å². The average Bonchev–Trinajstić information content (AvgIpc) is 2.71. The highest BCUT2D eigenvalue weighted by Gasteiger charge is 2.18. The van der Waals surface area contributed by atoms with Crippen LogP contribution in [0.4, 0.5) is 5.69 Å². The number of nitrogens with zero attached hydrogens (tertiary/aromatic N) is 1. The van der Waals surface area contributed by atoms with Crippen LogP contribution in [0.5, 0.6) is 5.75 Å². The van der Waals surface area contributed by atoms with Crippen LogP contribution in [-0.2, 0) is 9.53 Å². The zero-order valence-electron chi connectivity index (χ0n) is 15.5. The summed E-state index contributed by atoms with van der Waals surface area (Å²) in [5.41, 5.74) is 1.33. The van der Waals surface area contributed by atoms with Crippen LogP contribution >= 0.6 is 0 Å². The van der Waals surface area contributed by atoms with Crippen LogP contribution < -0.4 is 10.1 Å². The molecule has 0 saturated carbocycles. The molecule has 0 atom stereocenters. The third-order valence-corrected chi connectivity index (χ3v) is 3.91. The number of esters is 1. The Morgan fingerprint density at radius 3 is 2.26 bits per heavy atom. The Labute approximate surface area is 157 Å². The van der Waals surface area contributed by atoms with E-state index < -0.39 is 5.97 Å². The first-order chi connectivity index (χ1) is 13.0. The molecule has 0 unspecified atom stereocenters. The van der Waals surface area contributed by atoms with Gasteiger partial charge in [-0.15, -0.1) is 0 Å². The van der Waals surface area contributed by atoms with Gasteiger partial charge in [-0.3, -0.25) is 9.59 Å². The van der Waals surface area contributed by atoms with Gasteiger partial charge in [0.15, 0.2) is 0 Å². The monoisotopic (exact) mass is 370 g/mol. The van der Waals surface area contributed by atoms with E-state index in [1.165, 1.54) is 36.3 Å². The van der Waals surface area contributed by atoms with E-state index in [0.717, 1.165) is 0 Å². The number of nitrogens with one attached hydrogen (secondary N) is 1. The minimum absolute atomic E-state index is 0.0920. The minimum atomic E-state index is -0.473. The molecule has 0 aromatic heterocycles. The maximum absolute atomic E-state index is 12.6. The summed E-state index contributed by atoms with van der Waals surface area (Å²) in [4.78, 5) is 37.8. The quantitative estimate of drug-likeness (QED) is 0.757. The van der Waals surface area contributed by atoms with Crippen molar-refractivity contribution in [1.82, 2.24) is 4.90 Å². The maximum atomic E-state index is 12.6. The number of amides is 2. The number of likely N-dealkylation sites (N-methyl/N-ethyl adjacent to an activating group) is 1. The van der Waals surface area contributed by atoms with E-state index in [4.69, 9.17) is 4.74 Å². The molecule has 7 heteroatoms. The van der Waals surface area contributed by atoms with E-state index in [-0.39, 0.29) is 18.4 Å². The Morgan fingerprint density at radius 2 is 1.67 bits per heavy atom. The Balaban J connectivity index is 2.03. The van der Waals surface area contributed by atoms with Crippen molar-refractivity contribution in [3.8, 4) is 5.75 Å². The lowest BCUT2D eigenvalue weighted by atomic mass is 10.1. The maximum Gasteiger partial charge on any atom is 0.337 e. The summed E-state index contributed by atoms with van der Waals surface area (Å²) in [5.74, 6) is -0.458. The van der Waals surface area contributed by atoms with Crippen LogP contribution in [0.25, 0.3) is 0 Å². The fraction of sp³-hybridized carbons (Fsp3) is 0.250. The Bertz CT molecular complexity index is 817. The van der Waals surface area contributed by atoms with Gasteiger partial charge in [-0.05, 0) is 43.3 Å². The zero-order valence-corrected chi connectivity index (χ0v) is 15.5. The molecule has 2 amide bonds. The lowest BCUT2D eigenvalue weighted by Crippen LogP contribution is -2.37. The third kappa shape index (κ3) is 5.31. The number of rotatable bonds is 7. The van der Waals surface area contributed by atoms with Gasteiger partial charge in [0, 0.05) is 23.9 Å². The molecule has 2 rings (SSSR count). The van der Waals surface area contributed by atoms with Gasteiger partial charge in [0.25, 0.3) is 5.91 Å². The number of hydrogen-bond acceptors (Lipinski definition) is 5. The van der Waals surface area contributed by atoms with Crippen LogP contribution in [0, 0.1) is 0 Å². The Kier molecular flexibility index (Phi) is 6.93. The Hall–Kier alpha value is -3.35. The second kappa shape index (κ2) is 9.38. The number of carbonyl (C=O) groups is 3. The third-order valence-electron chi connectivity index (χ3n) is 3.91. The molecule has 27 heavy (non-hydrogen) atoms. The van der Waals surface area contributed by atoms with E-state index in [9.17, 15) is 14.4 Å². The van der Waals surface area contributed by atoms with Gasteiger partial charge in [0.05, 0.1) is 19.8 Å². The summed E-state index contributed by atoms with van der Waals surface area (Å²) < 4.78 is 9.76. The van der Waals surface area contributed by atoms with E-state index in [2.05, 4.69) is 10.1 Å². The standard InChI is InChI=1S/C20H22N2O5/c1-4-22(13-18(23)21-16-6-5-7-17(12-16)26-2)19(24)14-8-10-15(11-9-14)20(25)27-3/h5-12H,4,13H2,1-3H3,(H,21,23). The molecule has 7 nitrogen and oxygen atoms in total. The van der Waals surface area contributed by atoms with Crippen LogP contribution in [0.2, 0.25) is 0 Å². The first kappa shape index (κ1) is 20.0. The molecule has 0 heterocycles. The van der Waals surface area contributed by atoms with Gasteiger partial charge >= 0.3 is 5.97 Å². The smallest absolute Gasteiger partial charge is 0.337 e. The van der Waals surface area contributed by atoms with E-state index >= 15 is 0 Å². The summed E-state index contributed by atoms with van der Waals surface area (Å²) in [7, 11) is 2.84. The lowest BCUT2D eigenvalue weighted by molar-refractivity contribution is -0.116. The predicted octanol–water partition coefficient (Wildman–Crippen LogP) is 2.58. The number of hydrogen-bond donors (Lipinski definition) is 1. The van der Waals surface area contributed by atoms with Crippen molar-refractivity contribution in [2.75, 3.05) is 32.6 Å².